The average molecular weight is 282 g/mol. The molecule has 0 fully saturated rings. The van der Waals surface area contributed by atoms with Crippen LogP contribution in [0.25, 0.3) is 10.9 Å². The lowest BCUT2D eigenvalue weighted by Crippen LogP contribution is -2.43. The van der Waals surface area contributed by atoms with E-state index in [1.54, 1.807) is 0 Å². The van der Waals surface area contributed by atoms with Crippen molar-refractivity contribution in [3.8, 4) is 0 Å². The second-order valence-corrected chi connectivity index (χ2v) is 5.39. The van der Waals surface area contributed by atoms with Crippen molar-refractivity contribution in [2.75, 3.05) is 13.6 Å². The summed E-state index contributed by atoms with van der Waals surface area (Å²) in [6, 6.07) is 8.91. The maximum atomic E-state index is 4.29. The number of aromatic nitrogens is 1. The van der Waals surface area contributed by atoms with E-state index < -0.39 is 0 Å². The van der Waals surface area contributed by atoms with Gasteiger partial charge in [-0.2, -0.15) is 0 Å². The van der Waals surface area contributed by atoms with Crippen molar-refractivity contribution in [2.45, 2.75) is 25.3 Å². The van der Waals surface area contributed by atoms with Gasteiger partial charge in [0.1, 0.15) is 0 Å². The summed E-state index contributed by atoms with van der Waals surface area (Å²) in [7, 11) is 1.82. The molecule has 110 valence electrons. The maximum Gasteiger partial charge on any atom is 0.191 e. The van der Waals surface area contributed by atoms with Gasteiger partial charge in [-0.25, -0.2) is 0 Å². The molecular formula is C17H22N4. The first-order chi connectivity index (χ1) is 10.4. The molecule has 4 heteroatoms. The highest BCUT2D eigenvalue weighted by atomic mass is 15.2. The Kier molecular flexibility index (Phi) is 4.24. The molecule has 0 unspecified atom stereocenters. The number of nitrogens with one attached hydrogen (secondary N) is 3. The van der Waals surface area contributed by atoms with Crippen molar-refractivity contribution in [1.29, 1.82) is 0 Å². The maximum absolute atomic E-state index is 4.29. The zero-order chi connectivity index (χ0) is 14.5. The summed E-state index contributed by atoms with van der Waals surface area (Å²) >= 11 is 0. The number of para-hydroxylation sites is 1. The van der Waals surface area contributed by atoms with Crippen LogP contribution in [-0.2, 0) is 6.42 Å². The largest absolute Gasteiger partial charge is 0.361 e. The number of benzene rings is 1. The minimum atomic E-state index is 0.490. The molecular weight excluding hydrogens is 260 g/mol. The number of rotatable bonds is 4. The van der Waals surface area contributed by atoms with Gasteiger partial charge < -0.3 is 15.6 Å². The fourth-order valence-corrected chi connectivity index (χ4v) is 2.78. The van der Waals surface area contributed by atoms with E-state index in [-0.39, 0.29) is 0 Å². The Hall–Kier alpha value is -2.23. The molecule has 4 nitrogen and oxygen atoms in total. The molecule has 1 heterocycles. The van der Waals surface area contributed by atoms with Gasteiger partial charge >= 0.3 is 0 Å². The van der Waals surface area contributed by atoms with Crippen LogP contribution in [0, 0.1) is 0 Å². The SMILES string of the molecule is CN=C(NCCc1c[nH]c2ccccc12)NC1CC=CC1. The van der Waals surface area contributed by atoms with Crippen molar-refractivity contribution >= 4 is 16.9 Å². The molecule has 21 heavy (non-hydrogen) atoms. The van der Waals surface area contributed by atoms with Crippen LogP contribution in [0.3, 0.4) is 0 Å². The number of nitrogens with zero attached hydrogens (tertiary/aromatic N) is 1. The van der Waals surface area contributed by atoms with E-state index in [4.69, 9.17) is 0 Å². The molecule has 1 aliphatic carbocycles. The van der Waals surface area contributed by atoms with Gasteiger partial charge in [-0.3, -0.25) is 4.99 Å². The highest BCUT2D eigenvalue weighted by molar-refractivity contribution is 5.83. The minimum Gasteiger partial charge on any atom is -0.361 e. The van der Waals surface area contributed by atoms with Gasteiger partial charge in [-0.05, 0) is 30.9 Å². The summed E-state index contributed by atoms with van der Waals surface area (Å²) < 4.78 is 0. The molecule has 2 aromatic rings. The Balaban J connectivity index is 1.52. The molecule has 0 spiro atoms. The molecule has 3 rings (SSSR count). The van der Waals surface area contributed by atoms with E-state index in [0.29, 0.717) is 6.04 Å². The lowest BCUT2D eigenvalue weighted by molar-refractivity contribution is 0.633. The third-order valence-electron chi connectivity index (χ3n) is 3.93. The summed E-state index contributed by atoms with van der Waals surface area (Å²) in [6.07, 6.45) is 9.69. The Bertz CT molecular complexity index is 646. The number of hydrogen-bond donors (Lipinski definition) is 3. The fraction of sp³-hybridized carbons (Fsp3) is 0.353. The van der Waals surface area contributed by atoms with Crippen molar-refractivity contribution in [3.05, 3.63) is 48.2 Å². The van der Waals surface area contributed by atoms with Crippen LogP contribution < -0.4 is 10.6 Å². The number of aromatic amines is 1. The van der Waals surface area contributed by atoms with E-state index in [9.17, 15) is 0 Å². The number of fused-ring (bicyclic) bond motifs is 1. The van der Waals surface area contributed by atoms with Gasteiger partial charge in [0.05, 0.1) is 0 Å². The fourth-order valence-electron chi connectivity index (χ4n) is 2.78. The summed E-state index contributed by atoms with van der Waals surface area (Å²) in [5, 5.41) is 8.16. The lowest BCUT2D eigenvalue weighted by Gasteiger charge is -2.16. The van der Waals surface area contributed by atoms with Crippen LogP contribution in [0.15, 0.2) is 47.6 Å². The number of H-pyrrole nitrogens is 1. The first kappa shape index (κ1) is 13.7. The highest BCUT2D eigenvalue weighted by Gasteiger charge is 2.11. The Morgan fingerprint density at radius 2 is 2.10 bits per heavy atom. The Labute approximate surface area is 125 Å². The average Bonchev–Trinajstić information content (AvgIpc) is 3.16. The van der Waals surface area contributed by atoms with Crippen molar-refractivity contribution in [1.82, 2.24) is 15.6 Å². The Morgan fingerprint density at radius 1 is 1.29 bits per heavy atom. The predicted octanol–water partition coefficient (Wildman–Crippen LogP) is 2.59. The molecule has 3 N–H and O–H groups in total. The van der Waals surface area contributed by atoms with E-state index in [2.05, 4.69) is 63.2 Å². The first-order valence-corrected chi connectivity index (χ1v) is 7.54. The molecule has 0 radical (unpaired) electrons. The van der Waals surface area contributed by atoms with Crippen molar-refractivity contribution < 1.29 is 0 Å². The molecule has 0 bridgehead atoms. The number of guanidine groups is 1. The summed E-state index contributed by atoms with van der Waals surface area (Å²) in [5.74, 6) is 0.892. The molecule has 0 atom stereocenters. The molecule has 1 aromatic heterocycles. The quantitative estimate of drug-likeness (QED) is 0.459. The number of hydrogen-bond acceptors (Lipinski definition) is 1. The standard InChI is InChI=1S/C17H22N4/c1-18-17(21-14-6-2-3-7-14)19-11-10-13-12-20-16-9-5-4-8-15(13)16/h2-5,8-9,12,14,20H,6-7,10-11H2,1H3,(H2,18,19,21). The lowest BCUT2D eigenvalue weighted by atomic mass is 10.1. The van der Waals surface area contributed by atoms with Crippen LogP contribution in [0.2, 0.25) is 0 Å². The van der Waals surface area contributed by atoms with Crippen LogP contribution in [-0.4, -0.2) is 30.6 Å². The van der Waals surface area contributed by atoms with Gasteiger partial charge in [0.25, 0.3) is 0 Å². The molecule has 0 amide bonds. The van der Waals surface area contributed by atoms with E-state index in [1.165, 1.54) is 16.5 Å². The van der Waals surface area contributed by atoms with E-state index in [1.807, 2.05) is 7.05 Å². The van der Waals surface area contributed by atoms with Crippen LogP contribution in [0.1, 0.15) is 18.4 Å². The third-order valence-corrected chi connectivity index (χ3v) is 3.93. The van der Waals surface area contributed by atoms with E-state index in [0.717, 1.165) is 31.8 Å². The normalized spacial score (nSPS) is 15.8. The monoisotopic (exact) mass is 282 g/mol. The molecule has 0 saturated heterocycles. The van der Waals surface area contributed by atoms with Crippen LogP contribution >= 0.6 is 0 Å². The Morgan fingerprint density at radius 3 is 2.90 bits per heavy atom. The second kappa shape index (κ2) is 6.48. The second-order valence-electron chi connectivity index (χ2n) is 5.39. The topological polar surface area (TPSA) is 52.2 Å². The summed E-state index contributed by atoms with van der Waals surface area (Å²) in [4.78, 5) is 7.61. The predicted molar refractivity (Wildman–Crippen MR) is 88.7 cm³/mol. The van der Waals surface area contributed by atoms with Crippen molar-refractivity contribution in [3.63, 3.8) is 0 Å². The van der Waals surface area contributed by atoms with Crippen LogP contribution in [0.4, 0.5) is 0 Å². The summed E-state index contributed by atoms with van der Waals surface area (Å²) in [5.41, 5.74) is 2.54. The zero-order valence-electron chi connectivity index (χ0n) is 12.4. The summed E-state index contributed by atoms with van der Waals surface area (Å²) in [6.45, 7) is 0.877. The van der Waals surface area contributed by atoms with Gasteiger partial charge in [0, 0.05) is 36.7 Å². The van der Waals surface area contributed by atoms with Crippen LogP contribution in [0.5, 0.6) is 0 Å². The molecule has 1 aromatic carbocycles. The third kappa shape index (κ3) is 3.27. The molecule has 0 aliphatic heterocycles. The number of aliphatic imine (C=N–C) groups is 1. The minimum absolute atomic E-state index is 0.490. The van der Waals surface area contributed by atoms with Gasteiger partial charge in [0.15, 0.2) is 5.96 Å². The first-order valence-electron chi connectivity index (χ1n) is 7.54. The zero-order valence-corrected chi connectivity index (χ0v) is 12.4. The van der Waals surface area contributed by atoms with Gasteiger partial charge in [0.2, 0.25) is 0 Å². The van der Waals surface area contributed by atoms with Gasteiger partial charge in [-0.1, -0.05) is 30.4 Å². The highest BCUT2D eigenvalue weighted by Crippen LogP contribution is 2.17. The van der Waals surface area contributed by atoms with Crippen molar-refractivity contribution in [2.24, 2.45) is 4.99 Å². The smallest absolute Gasteiger partial charge is 0.191 e. The van der Waals surface area contributed by atoms with Gasteiger partial charge in [-0.15, -0.1) is 0 Å². The molecule has 1 aliphatic rings. The van der Waals surface area contributed by atoms with E-state index >= 15 is 0 Å². The molecule has 0 saturated carbocycles.